The number of hydrogen-bond acceptors (Lipinski definition) is 3. The number of carboxylic acids is 1. The molecular formula is C12H22N2O3. The molecule has 5 heteroatoms. The summed E-state index contributed by atoms with van der Waals surface area (Å²) in [5.41, 5.74) is 5.54. The number of aliphatic carboxylic acids is 1. The molecule has 3 N–H and O–H groups in total. The molecule has 1 aliphatic rings. The van der Waals surface area contributed by atoms with Crippen LogP contribution in [0.1, 0.15) is 33.1 Å². The van der Waals surface area contributed by atoms with Gasteiger partial charge in [0, 0.05) is 13.1 Å². The van der Waals surface area contributed by atoms with Gasteiger partial charge in [0.1, 0.15) is 0 Å². The van der Waals surface area contributed by atoms with E-state index in [4.69, 9.17) is 10.8 Å². The van der Waals surface area contributed by atoms with Crippen molar-refractivity contribution in [3.8, 4) is 0 Å². The lowest BCUT2D eigenvalue weighted by molar-refractivity contribution is -0.142. The lowest BCUT2D eigenvalue weighted by Crippen LogP contribution is -2.41. The summed E-state index contributed by atoms with van der Waals surface area (Å²) in [4.78, 5) is 24.5. The van der Waals surface area contributed by atoms with Crippen molar-refractivity contribution < 1.29 is 14.7 Å². The molecular weight excluding hydrogens is 220 g/mol. The zero-order valence-corrected chi connectivity index (χ0v) is 10.6. The van der Waals surface area contributed by atoms with E-state index in [2.05, 4.69) is 6.92 Å². The molecule has 5 nitrogen and oxygen atoms in total. The SMILES string of the molecule is CCCC[C@H]1CN(C(=O)[C@H](C)N)CC1C(=O)O. The summed E-state index contributed by atoms with van der Waals surface area (Å²) in [7, 11) is 0. The van der Waals surface area contributed by atoms with Crippen LogP contribution in [-0.4, -0.2) is 41.0 Å². The second-order valence-electron chi connectivity index (χ2n) is 4.88. The van der Waals surface area contributed by atoms with Gasteiger partial charge in [-0.1, -0.05) is 19.8 Å². The van der Waals surface area contributed by atoms with Crippen LogP contribution < -0.4 is 5.73 Å². The first-order valence-electron chi connectivity index (χ1n) is 6.24. The number of carbonyl (C=O) groups is 2. The van der Waals surface area contributed by atoms with Crippen LogP contribution in [0.15, 0.2) is 0 Å². The molecule has 1 aliphatic heterocycles. The van der Waals surface area contributed by atoms with Gasteiger partial charge in [-0.25, -0.2) is 0 Å². The highest BCUT2D eigenvalue weighted by atomic mass is 16.4. The van der Waals surface area contributed by atoms with E-state index < -0.39 is 17.9 Å². The van der Waals surface area contributed by atoms with Crippen molar-refractivity contribution in [3.63, 3.8) is 0 Å². The lowest BCUT2D eigenvalue weighted by atomic mass is 9.91. The third kappa shape index (κ3) is 3.43. The molecule has 0 aliphatic carbocycles. The second-order valence-corrected chi connectivity index (χ2v) is 4.88. The van der Waals surface area contributed by atoms with Crippen LogP contribution in [0.4, 0.5) is 0 Å². The quantitative estimate of drug-likeness (QED) is 0.742. The normalized spacial score (nSPS) is 25.9. The largest absolute Gasteiger partial charge is 0.481 e. The third-order valence-corrected chi connectivity index (χ3v) is 3.39. The van der Waals surface area contributed by atoms with Crippen molar-refractivity contribution in [2.75, 3.05) is 13.1 Å². The fraction of sp³-hybridized carbons (Fsp3) is 0.833. The molecule has 17 heavy (non-hydrogen) atoms. The number of rotatable bonds is 5. The minimum Gasteiger partial charge on any atom is -0.481 e. The molecule has 0 aromatic carbocycles. The number of amides is 1. The monoisotopic (exact) mass is 242 g/mol. The van der Waals surface area contributed by atoms with Gasteiger partial charge >= 0.3 is 5.97 Å². The Bertz CT molecular complexity index is 291. The number of nitrogens with zero attached hydrogens (tertiary/aromatic N) is 1. The summed E-state index contributed by atoms with van der Waals surface area (Å²) in [6.45, 7) is 4.56. The molecule has 0 radical (unpaired) electrons. The Kier molecular flexibility index (Phi) is 4.93. The average Bonchev–Trinajstić information content (AvgIpc) is 2.69. The lowest BCUT2D eigenvalue weighted by Gasteiger charge is -2.18. The number of likely N-dealkylation sites (tertiary alicyclic amines) is 1. The molecule has 3 atom stereocenters. The number of unbranched alkanes of at least 4 members (excludes halogenated alkanes) is 1. The summed E-state index contributed by atoms with van der Waals surface area (Å²) >= 11 is 0. The van der Waals surface area contributed by atoms with Crippen molar-refractivity contribution >= 4 is 11.9 Å². The van der Waals surface area contributed by atoms with Crippen molar-refractivity contribution in [1.29, 1.82) is 0 Å². The van der Waals surface area contributed by atoms with E-state index in [1.807, 2.05) is 0 Å². The predicted octanol–water partition coefficient (Wildman–Crippen LogP) is 0.683. The Morgan fingerprint density at radius 1 is 1.47 bits per heavy atom. The maximum atomic E-state index is 11.7. The van der Waals surface area contributed by atoms with Gasteiger partial charge in [0.2, 0.25) is 5.91 Å². The minimum atomic E-state index is -0.800. The van der Waals surface area contributed by atoms with E-state index in [9.17, 15) is 9.59 Å². The fourth-order valence-corrected chi connectivity index (χ4v) is 2.38. The molecule has 0 bridgehead atoms. The van der Waals surface area contributed by atoms with Gasteiger partial charge in [-0.05, 0) is 19.3 Å². The molecule has 1 unspecified atom stereocenters. The molecule has 0 saturated carbocycles. The predicted molar refractivity (Wildman–Crippen MR) is 64.4 cm³/mol. The molecule has 98 valence electrons. The topological polar surface area (TPSA) is 83.6 Å². The highest BCUT2D eigenvalue weighted by Crippen LogP contribution is 2.28. The van der Waals surface area contributed by atoms with Crippen LogP contribution >= 0.6 is 0 Å². The maximum absolute atomic E-state index is 11.7. The summed E-state index contributed by atoms with van der Waals surface area (Å²) in [5.74, 6) is -1.29. The van der Waals surface area contributed by atoms with E-state index in [1.165, 1.54) is 0 Å². The summed E-state index contributed by atoms with van der Waals surface area (Å²) in [5, 5.41) is 9.15. The smallest absolute Gasteiger partial charge is 0.308 e. The van der Waals surface area contributed by atoms with Crippen LogP contribution in [-0.2, 0) is 9.59 Å². The van der Waals surface area contributed by atoms with E-state index in [0.717, 1.165) is 19.3 Å². The Morgan fingerprint density at radius 2 is 2.12 bits per heavy atom. The van der Waals surface area contributed by atoms with Crippen molar-refractivity contribution in [2.24, 2.45) is 17.6 Å². The van der Waals surface area contributed by atoms with Crippen LogP contribution in [0.25, 0.3) is 0 Å². The zero-order valence-electron chi connectivity index (χ0n) is 10.6. The molecule has 1 heterocycles. The zero-order chi connectivity index (χ0) is 13.0. The van der Waals surface area contributed by atoms with Gasteiger partial charge in [-0.15, -0.1) is 0 Å². The number of nitrogens with two attached hydrogens (primary N) is 1. The van der Waals surface area contributed by atoms with Crippen molar-refractivity contribution in [1.82, 2.24) is 4.90 Å². The van der Waals surface area contributed by atoms with Gasteiger partial charge in [-0.2, -0.15) is 0 Å². The van der Waals surface area contributed by atoms with Crippen molar-refractivity contribution in [2.45, 2.75) is 39.2 Å². The molecule has 1 rings (SSSR count). The van der Waals surface area contributed by atoms with Crippen molar-refractivity contribution in [3.05, 3.63) is 0 Å². The summed E-state index contributed by atoms with van der Waals surface area (Å²) in [6, 6.07) is -0.547. The van der Waals surface area contributed by atoms with Crippen LogP contribution in [0.3, 0.4) is 0 Å². The first-order valence-corrected chi connectivity index (χ1v) is 6.24. The van der Waals surface area contributed by atoms with E-state index in [1.54, 1.807) is 11.8 Å². The van der Waals surface area contributed by atoms with E-state index >= 15 is 0 Å². The minimum absolute atomic E-state index is 0.0788. The highest BCUT2D eigenvalue weighted by Gasteiger charge is 2.39. The maximum Gasteiger partial charge on any atom is 0.308 e. The Balaban J connectivity index is 2.65. The fourth-order valence-electron chi connectivity index (χ4n) is 2.38. The number of hydrogen-bond donors (Lipinski definition) is 2. The first kappa shape index (κ1) is 14.0. The second kappa shape index (κ2) is 6.00. The number of carboxylic acid groups (broad SMARTS) is 1. The average molecular weight is 242 g/mol. The molecule has 1 fully saturated rings. The standard InChI is InChI=1S/C12H22N2O3/c1-3-4-5-9-6-14(11(15)8(2)13)7-10(9)12(16)17/h8-10H,3-7,13H2,1-2H3,(H,16,17)/t8-,9-,10?/m0/s1. The first-order chi connectivity index (χ1) is 7.97. The van der Waals surface area contributed by atoms with Gasteiger partial charge < -0.3 is 15.7 Å². The summed E-state index contributed by atoms with van der Waals surface area (Å²) < 4.78 is 0. The van der Waals surface area contributed by atoms with Gasteiger partial charge in [0.05, 0.1) is 12.0 Å². The molecule has 0 spiro atoms. The van der Waals surface area contributed by atoms with Gasteiger partial charge in [0.15, 0.2) is 0 Å². The van der Waals surface area contributed by atoms with E-state index in [0.29, 0.717) is 13.1 Å². The Labute approximate surface area is 102 Å². The van der Waals surface area contributed by atoms with Crippen LogP contribution in [0.5, 0.6) is 0 Å². The van der Waals surface area contributed by atoms with Gasteiger partial charge in [-0.3, -0.25) is 9.59 Å². The Morgan fingerprint density at radius 3 is 2.59 bits per heavy atom. The van der Waals surface area contributed by atoms with Crippen LogP contribution in [0, 0.1) is 11.8 Å². The molecule has 0 aromatic rings. The van der Waals surface area contributed by atoms with Crippen LogP contribution in [0.2, 0.25) is 0 Å². The number of carbonyl (C=O) groups excluding carboxylic acids is 1. The summed E-state index contributed by atoms with van der Waals surface area (Å²) in [6.07, 6.45) is 2.93. The van der Waals surface area contributed by atoms with Gasteiger partial charge in [0.25, 0.3) is 0 Å². The van der Waals surface area contributed by atoms with E-state index in [-0.39, 0.29) is 11.8 Å². The third-order valence-electron chi connectivity index (χ3n) is 3.39. The molecule has 1 saturated heterocycles. The highest BCUT2D eigenvalue weighted by molar-refractivity contribution is 5.82. The molecule has 0 aromatic heterocycles. The molecule has 1 amide bonds. The Hall–Kier alpha value is -1.10.